The molecule has 90 valence electrons. The molecule has 0 bridgehead atoms. The van der Waals surface area contributed by atoms with Gasteiger partial charge in [-0.3, -0.25) is 11.3 Å². The van der Waals surface area contributed by atoms with Crippen molar-refractivity contribution in [2.75, 3.05) is 13.7 Å². The van der Waals surface area contributed by atoms with E-state index in [-0.39, 0.29) is 11.9 Å². The molecule has 3 nitrogen and oxygen atoms in total. The van der Waals surface area contributed by atoms with E-state index in [4.69, 9.17) is 10.6 Å². The van der Waals surface area contributed by atoms with Crippen LogP contribution in [0.5, 0.6) is 0 Å². The number of hydrogen-bond donors (Lipinski definition) is 2. The molecule has 1 aromatic rings. The number of benzene rings is 1. The van der Waals surface area contributed by atoms with E-state index >= 15 is 0 Å². The predicted molar refractivity (Wildman–Crippen MR) is 62.3 cm³/mol. The molecule has 16 heavy (non-hydrogen) atoms. The van der Waals surface area contributed by atoms with Gasteiger partial charge in [-0.25, -0.2) is 4.39 Å². The highest BCUT2D eigenvalue weighted by Gasteiger charge is 2.10. The average molecular weight is 226 g/mol. The summed E-state index contributed by atoms with van der Waals surface area (Å²) in [6, 6.07) is 4.95. The predicted octanol–water partition coefficient (Wildman–Crippen LogP) is 2.07. The summed E-state index contributed by atoms with van der Waals surface area (Å²) in [6.07, 6.45) is 1.72. The maximum Gasteiger partial charge on any atom is 0.123 e. The summed E-state index contributed by atoms with van der Waals surface area (Å²) in [5, 5.41) is 0. The Morgan fingerprint density at radius 2 is 2.19 bits per heavy atom. The van der Waals surface area contributed by atoms with Gasteiger partial charge in [-0.2, -0.15) is 0 Å². The van der Waals surface area contributed by atoms with Gasteiger partial charge < -0.3 is 4.74 Å². The Morgan fingerprint density at radius 1 is 1.44 bits per heavy atom. The Bertz CT molecular complexity index is 311. The van der Waals surface area contributed by atoms with Crippen molar-refractivity contribution < 1.29 is 9.13 Å². The van der Waals surface area contributed by atoms with Gasteiger partial charge in [0.15, 0.2) is 0 Å². The largest absolute Gasteiger partial charge is 0.385 e. The van der Waals surface area contributed by atoms with Gasteiger partial charge in [0.1, 0.15) is 5.82 Å². The molecule has 0 saturated carbocycles. The summed E-state index contributed by atoms with van der Waals surface area (Å²) < 4.78 is 18.2. The van der Waals surface area contributed by atoms with E-state index in [9.17, 15) is 4.39 Å². The van der Waals surface area contributed by atoms with Crippen LogP contribution in [0, 0.1) is 12.7 Å². The first-order valence-electron chi connectivity index (χ1n) is 5.39. The molecule has 0 heterocycles. The van der Waals surface area contributed by atoms with Gasteiger partial charge in [-0.15, -0.1) is 0 Å². The molecule has 1 aromatic carbocycles. The van der Waals surface area contributed by atoms with Crippen LogP contribution >= 0.6 is 0 Å². The third-order valence-corrected chi connectivity index (χ3v) is 2.51. The van der Waals surface area contributed by atoms with Crippen LogP contribution in [0.25, 0.3) is 0 Å². The fourth-order valence-electron chi connectivity index (χ4n) is 1.74. The minimum Gasteiger partial charge on any atom is -0.385 e. The molecule has 0 saturated heterocycles. The molecule has 0 radical (unpaired) electrons. The van der Waals surface area contributed by atoms with Crippen molar-refractivity contribution in [3.05, 3.63) is 35.1 Å². The molecule has 0 aliphatic carbocycles. The summed E-state index contributed by atoms with van der Waals surface area (Å²) in [6.45, 7) is 2.56. The van der Waals surface area contributed by atoms with Crippen molar-refractivity contribution in [2.24, 2.45) is 5.84 Å². The first-order chi connectivity index (χ1) is 7.67. The molecule has 0 fully saturated rings. The van der Waals surface area contributed by atoms with Crippen LogP contribution in [0.15, 0.2) is 18.2 Å². The number of hydrogen-bond acceptors (Lipinski definition) is 3. The highest BCUT2D eigenvalue weighted by molar-refractivity contribution is 5.26. The van der Waals surface area contributed by atoms with E-state index in [2.05, 4.69) is 5.43 Å². The van der Waals surface area contributed by atoms with E-state index in [1.165, 1.54) is 12.1 Å². The van der Waals surface area contributed by atoms with Crippen LogP contribution in [-0.2, 0) is 4.74 Å². The van der Waals surface area contributed by atoms with Crippen LogP contribution in [-0.4, -0.2) is 13.7 Å². The van der Waals surface area contributed by atoms with Gasteiger partial charge >= 0.3 is 0 Å². The summed E-state index contributed by atoms with van der Waals surface area (Å²) in [7, 11) is 1.66. The summed E-state index contributed by atoms with van der Waals surface area (Å²) in [4.78, 5) is 0. The molecular weight excluding hydrogens is 207 g/mol. The molecule has 0 spiro atoms. The second-order valence-electron chi connectivity index (χ2n) is 3.92. The topological polar surface area (TPSA) is 47.3 Å². The smallest absolute Gasteiger partial charge is 0.123 e. The normalized spacial score (nSPS) is 12.8. The number of aryl methyl sites for hydroxylation is 1. The molecule has 1 rings (SSSR count). The first-order valence-corrected chi connectivity index (χ1v) is 5.39. The minimum atomic E-state index is -0.220. The molecule has 0 amide bonds. The lowest BCUT2D eigenvalue weighted by Gasteiger charge is -2.16. The van der Waals surface area contributed by atoms with Crippen LogP contribution in [0.4, 0.5) is 4.39 Å². The van der Waals surface area contributed by atoms with Crippen LogP contribution < -0.4 is 11.3 Å². The number of ether oxygens (including phenoxy) is 1. The van der Waals surface area contributed by atoms with Gasteiger partial charge in [0.2, 0.25) is 0 Å². The SMILES string of the molecule is COCCCC(NN)c1cc(C)cc(F)c1. The average Bonchev–Trinajstić information content (AvgIpc) is 2.23. The number of nitrogens with one attached hydrogen (secondary N) is 1. The maximum atomic E-state index is 13.2. The third kappa shape index (κ3) is 3.89. The van der Waals surface area contributed by atoms with Gasteiger partial charge in [0.25, 0.3) is 0 Å². The lowest BCUT2D eigenvalue weighted by Crippen LogP contribution is -2.28. The Hall–Kier alpha value is -0.970. The standard InChI is InChI=1S/C12H19FN2O/c1-9-6-10(8-11(13)7-9)12(15-14)4-3-5-16-2/h6-8,12,15H,3-5,14H2,1-2H3. The van der Waals surface area contributed by atoms with Crippen LogP contribution in [0.3, 0.4) is 0 Å². The molecule has 3 N–H and O–H groups in total. The number of halogens is 1. The number of methoxy groups -OCH3 is 1. The monoisotopic (exact) mass is 226 g/mol. The second-order valence-corrected chi connectivity index (χ2v) is 3.92. The summed E-state index contributed by atoms with van der Waals surface area (Å²) in [5.74, 6) is 5.25. The lowest BCUT2D eigenvalue weighted by molar-refractivity contribution is 0.189. The zero-order valence-corrected chi connectivity index (χ0v) is 9.79. The lowest BCUT2D eigenvalue weighted by atomic mass is 10.0. The Balaban J connectivity index is 2.70. The zero-order valence-electron chi connectivity index (χ0n) is 9.79. The van der Waals surface area contributed by atoms with Crippen LogP contribution in [0.1, 0.15) is 30.0 Å². The van der Waals surface area contributed by atoms with Crippen molar-refractivity contribution in [1.82, 2.24) is 5.43 Å². The molecular formula is C12H19FN2O. The summed E-state index contributed by atoms with van der Waals surface area (Å²) >= 11 is 0. The Kier molecular flexibility index (Phi) is 5.38. The second kappa shape index (κ2) is 6.58. The highest BCUT2D eigenvalue weighted by atomic mass is 19.1. The van der Waals surface area contributed by atoms with E-state index in [1.807, 2.05) is 13.0 Å². The molecule has 1 atom stereocenters. The maximum absolute atomic E-state index is 13.2. The molecule has 0 aromatic heterocycles. The van der Waals surface area contributed by atoms with Crippen molar-refractivity contribution in [2.45, 2.75) is 25.8 Å². The fraction of sp³-hybridized carbons (Fsp3) is 0.500. The van der Waals surface area contributed by atoms with E-state index in [0.29, 0.717) is 6.61 Å². The number of hydrazine groups is 1. The van der Waals surface area contributed by atoms with E-state index in [0.717, 1.165) is 24.0 Å². The van der Waals surface area contributed by atoms with Gasteiger partial charge in [-0.05, 0) is 43.0 Å². The Morgan fingerprint density at radius 3 is 2.75 bits per heavy atom. The van der Waals surface area contributed by atoms with Gasteiger partial charge in [0.05, 0.1) is 0 Å². The quantitative estimate of drug-likeness (QED) is 0.443. The summed E-state index contributed by atoms with van der Waals surface area (Å²) in [5.41, 5.74) is 4.50. The number of nitrogens with two attached hydrogens (primary N) is 1. The van der Waals surface area contributed by atoms with Gasteiger partial charge in [0, 0.05) is 19.8 Å². The van der Waals surface area contributed by atoms with Gasteiger partial charge in [-0.1, -0.05) is 6.07 Å². The van der Waals surface area contributed by atoms with Crippen LogP contribution in [0.2, 0.25) is 0 Å². The minimum absolute atomic E-state index is 0.0236. The fourth-order valence-corrected chi connectivity index (χ4v) is 1.74. The van der Waals surface area contributed by atoms with E-state index in [1.54, 1.807) is 7.11 Å². The Labute approximate surface area is 95.8 Å². The highest BCUT2D eigenvalue weighted by Crippen LogP contribution is 2.20. The van der Waals surface area contributed by atoms with E-state index < -0.39 is 0 Å². The van der Waals surface area contributed by atoms with Crippen molar-refractivity contribution >= 4 is 0 Å². The molecule has 0 aliphatic rings. The molecule has 0 aliphatic heterocycles. The molecule has 4 heteroatoms. The van der Waals surface area contributed by atoms with Crippen molar-refractivity contribution in [1.29, 1.82) is 0 Å². The third-order valence-electron chi connectivity index (χ3n) is 2.51. The number of rotatable bonds is 6. The zero-order chi connectivity index (χ0) is 12.0. The van der Waals surface area contributed by atoms with Crippen molar-refractivity contribution in [3.63, 3.8) is 0 Å². The molecule has 1 unspecified atom stereocenters. The first kappa shape index (κ1) is 13.1. The van der Waals surface area contributed by atoms with Crippen molar-refractivity contribution in [3.8, 4) is 0 Å².